The molecule has 0 atom stereocenters. The molecule has 0 radical (unpaired) electrons. The van der Waals surface area contributed by atoms with Crippen molar-refractivity contribution in [2.45, 2.75) is 26.2 Å². The summed E-state index contributed by atoms with van der Waals surface area (Å²) in [6, 6.07) is 7.49. The molecule has 1 N–H and O–H groups in total. The Morgan fingerprint density at radius 3 is 2.48 bits per heavy atom. The molecular weight excluding hydrogens is 416 g/mol. The number of hydrogen-bond acceptors (Lipinski definition) is 6. The molecule has 1 fully saturated rings. The van der Waals surface area contributed by atoms with E-state index in [2.05, 4.69) is 49.5 Å². The van der Waals surface area contributed by atoms with Crippen molar-refractivity contribution in [3.8, 4) is 5.82 Å². The highest BCUT2D eigenvalue weighted by Crippen LogP contribution is 2.31. The molecule has 8 heteroatoms. The van der Waals surface area contributed by atoms with Crippen LogP contribution in [0.25, 0.3) is 16.7 Å². The van der Waals surface area contributed by atoms with E-state index in [4.69, 9.17) is 9.97 Å². The molecule has 1 aromatic carbocycles. The third-order valence-electron chi connectivity index (χ3n) is 5.98. The maximum absolute atomic E-state index is 12.2. The summed E-state index contributed by atoms with van der Waals surface area (Å²) in [6.07, 6.45) is 4.02. The minimum atomic E-state index is -0.286. The SMILES string of the molecule is C=CC(=O)Nc1ccc2c(-n3ccc(C(C)(C)C)c3C=O)nc(N3CCN(C)CC3)nc2c1. The number of likely N-dealkylation sites (N-methyl/N-ethyl adjacent to an activating group) is 1. The van der Waals surface area contributed by atoms with Gasteiger partial charge in [-0.1, -0.05) is 27.4 Å². The fourth-order valence-electron chi connectivity index (χ4n) is 4.09. The van der Waals surface area contributed by atoms with Crippen molar-refractivity contribution in [3.63, 3.8) is 0 Å². The van der Waals surface area contributed by atoms with E-state index in [0.717, 1.165) is 43.4 Å². The van der Waals surface area contributed by atoms with Gasteiger partial charge in [0, 0.05) is 43.4 Å². The fraction of sp³-hybridized carbons (Fsp3) is 0.360. The molecule has 8 nitrogen and oxygen atoms in total. The monoisotopic (exact) mass is 446 g/mol. The number of carbonyl (C=O) groups is 2. The molecule has 1 aliphatic heterocycles. The second-order valence-corrected chi connectivity index (χ2v) is 9.42. The predicted octanol–water partition coefficient (Wildman–Crippen LogP) is 3.41. The quantitative estimate of drug-likeness (QED) is 0.478. The number of aromatic nitrogens is 3. The molecule has 0 spiro atoms. The number of fused-ring (bicyclic) bond motifs is 1. The molecule has 2 aromatic heterocycles. The second kappa shape index (κ2) is 8.78. The molecule has 33 heavy (non-hydrogen) atoms. The van der Waals surface area contributed by atoms with Gasteiger partial charge in [0.25, 0.3) is 0 Å². The van der Waals surface area contributed by atoms with E-state index in [9.17, 15) is 9.59 Å². The minimum Gasteiger partial charge on any atom is -0.338 e. The summed E-state index contributed by atoms with van der Waals surface area (Å²) in [5, 5.41) is 3.59. The van der Waals surface area contributed by atoms with Crippen molar-refractivity contribution in [2.24, 2.45) is 0 Å². The van der Waals surface area contributed by atoms with Gasteiger partial charge in [-0.05, 0) is 48.4 Å². The lowest BCUT2D eigenvalue weighted by atomic mass is 9.87. The predicted molar refractivity (Wildman–Crippen MR) is 131 cm³/mol. The minimum absolute atomic E-state index is 0.188. The van der Waals surface area contributed by atoms with E-state index in [1.807, 2.05) is 29.0 Å². The van der Waals surface area contributed by atoms with Gasteiger partial charge in [0.05, 0.1) is 11.2 Å². The summed E-state index contributed by atoms with van der Waals surface area (Å²) in [6.45, 7) is 13.2. The van der Waals surface area contributed by atoms with Crippen molar-refractivity contribution in [3.05, 3.63) is 54.4 Å². The summed E-state index contributed by atoms with van der Waals surface area (Å²) in [5.41, 5.74) is 2.67. The largest absolute Gasteiger partial charge is 0.338 e. The molecule has 1 saturated heterocycles. The van der Waals surface area contributed by atoms with Gasteiger partial charge in [-0.3, -0.25) is 14.2 Å². The number of carbonyl (C=O) groups excluding carboxylic acids is 2. The molecular formula is C25H30N6O2. The van der Waals surface area contributed by atoms with E-state index in [-0.39, 0.29) is 11.3 Å². The highest BCUT2D eigenvalue weighted by atomic mass is 16.1. The summed E-state index contributed by atoms with van der Waals surface area (Å²) < 4.78 is 1.85. The van der Waals surface area contributed by atoms with Crippen molar-refractivity contribution < 1.29 is 9.59 Å². The number of anilines is 2. The van der Waals surface area contributed by atoms with Crippen LogP contribution in [0.4, 0.5) is 11.6 Å². The first-order valence-electron chi connectivity index (χ1n) is 11.1. The molecule has 0 saturated carbocycles. The van der Waals surface area contributed by atoms with Crippen LogP contribution in [-0.4, -0.2) is 64.9 Å². The van der Waals surface area contributed by atoms with Gasteiger partial charge in [-0.2, -0.15) is 4.98 Å². The summed E-state index contributed by atoms with van der Waals surface area (Å²) in [7, 11) is 2.10. The number of aldehydes is 1. The highest BCUT2D eigenvalue weighted by Gasteiger charge is 2.24. The maximum atomic E-state index is 12.2. The number of rotatable bonds is 5. The highest BCUT2D eigenvalue weighted by molar-refractivity contribution is 6.00. The van der Waals surface area contributed by atoms with Gasteiger partial charge >= 0.3 is 0 Å². The average Bonchev–Trinajstić information content (AvgIpc) is 3.23. The third-order valence-corrected chi connectivity index (χ3v) is 5.98. The fourth-order valence-corrected chi connectivity index (χ4v) is 4.09. The van der Waals surface area contributed by atoms with Gasteiger partial charge < -0.3 is 15.1 Å². The van der Waals surface area contributed by atoms with Crippen molar-refractivity contribution in [2.75, 3.05) is 43.4 Å². The zero-order valence-electron chi connectivity index (χ0n) is 19.6. The number of benzene rings is 1. The lowest BCUT2D eigenvalue weighted by molar-refractivity contribution is -0.111. The Morgan fingerprint density at radius 2 is 1.85 bits per heavy atom. The summed E-state index contributed by atoms with van der Waals surface area (Å²) in [4.78, 5) is 38.2. The normalized spacial score (nSPS) is 15.0. The molecule has 3 heterocycles. The van der Waals surface area contributed by atoms with Crippen LogP contribution < -0.4 is 10.2 Å². The Morgan fingerprint density at radius 1 is 1.12 bits per heavy atom. The van der Waals surface area contributed by atoms with E-state index in [1.165, 1.54) is 6.08 Å². The van der Waals surface area contributed by atoms with Crippen LogP contribution >= 0.6 is 0 Å². The van der Waals surface area contributed by atoms with Crippen LogP contribution in [0.2, 0.25) is 0 Å². The zero-order chi connectivity index (χ0) is 23.8. The van der Waals surface area contributed by atoms with Gasteiger partial charge in [0.15, 0.2) is 12.1 Å². The lowest BCUT2D eigenvalue weighted by Gasteiger charge is -2.32. The van der Waals surface area contributed by atoms with E-state index in [0.29, 0.717) is 28.7 Å². The standard InChI is InChI=1S/C25H30N6O2/c1-6-22(33)26-17-7-8-18-20(15-17)27-24(30-13-11-29(5)12-14-30)28-23(18)31-10-9-19(21(31)16-32)25(2,3)4/h6-10,15-16H,1,11-14H2,2-5H3,(H,26,33). The van der Waals surface area contributed by atoms with Crippen molar-refractivity contribution in [1.82, 2.24) is 19.4 Å². The van der Waals surface area contributed by atoms with Crippen molar-refractivity contribution in [1.29, 1.82) is 0 Å². The number of amides is 1. The molecule has 0 aliphatic carbocycles. The lowest BCUT2D eigenvalue weighted by Crippen LogP contribution is -2.45. The number of hydrogen-bond donors (Lipinski definition) is 1. The third kappa shape index (κ3) is 4.52. The first-order valence-corrected chi connectivity index (χ1v) is 11.1. The Bertz CT molecular complexity index is 1220. The molecule has 1 amide bonds. The van der Waals surface area contributed by atoms with Gasteiger partial charge in [-0.15, -0.1) is 0 Å². The van der Waals surface area contributed by atoms with E-state index in [1.54, 1.807) is 6.07 Å². The molecule has 4 rings (SSSR count). The van der Waals surface area contributed by atoms with Crippen LogP contribution in [-0.2, 0) is 10.2 Å². The number of nitrogens with one attached hydrogen (secondary N) is 1. The summed E-state index contributed by atoms with van der Waals surface area (Å²) >= 11 is 0. The summed E-state index contributed by atoms with van der Waals surface area (Å²) in [5.74, 6) is 0.972. The maximum Gasteiger partial charge on any atom is 0.247 e. The smallest absolute Gasteiger partial charge is 0.247 e. The Kier molecular flexibility index (Phi) is 6.03. The Labute approximate surface area is 193 Å². The van der Waals surface area contributed by atoms with Crippen LogP contribution in [0.3, 0.4) is 0 Å². The van der Waals surface area contributed by atoms with Crippen LogP contribution in [0.5, 0.6) is 0 Å². The average molecular weight is 447 g/mol. The second-order valence-electron chi connectivity index (χ2n) is 9.42. The molecule has 172 valence electrons. The topological polar surface area (TPSA) is 83.4 Å². The Hall–Kier alpha value is -3.52. The zero-order valence-corrected chi connectivity index (χ0v) is 19.6. The first-order chi connectivity index (χ1) is 15.7. The van der Waals surface area contributed by atoms with Crippen LogP contribution in [0.15, 0.2) is 43.1 Å². The number of piperazine rings is 1. The van der Waals surface area contributed by atoms with Gasteiger partial charge in [-0.25, -0.2) is 4.98 Å². The van der Waals surface area contributed by atoms with Gasteiger partial charge in [0.2, 0.25) is 11.9 Å². The molecule has 0 unspecified atom stereocenters. The van der Waals surface area contributed by atoms with E-state index >= 15 is 0 Å². The molecule has 3 aromatic rings. The van der Waals surface area contributed by atoms with Crippen molar-refractivity contribution >= 4 is 34.7 Å². The number of nitrogens with zero attached hydrogens (tertiary/aromatic N) is 5. The van der Waals surface area contributed by atoms with E-state index < -0.39 is 0 Å². The van der Waals surface area contributed by atoms with Crippen LogP contribution in [0.1, 0.15) is 36.8 Å². The molecule has 0 bridgehead atoms. The molecule has 1 aliphatic rings. The van der Waals surface area contributed by atoms with Crippen LogP contribution in [0, 0.1) is 0 Å². The first kappa shape index (κ1) is 22.7. The van der Waals surface area contributed by atoms with Gasteiger partial charge in [0.1, 0.15) is 0 Å². The Balaban J connectivity index is 1.90.